The Labute approximate surface area is 89.3 Å². The van der Waals surface area contributed by atoms with Crippen LogP contribution in [0.2, 0.25) is 0 Å². The third kappa shape index (κ3) is 1.82. The van der Waals surface area contributed by atoms with Crippen molar-refractivity contribution in [2.24, 2.45) is 0 Å². The van der Waals surface area contributed by atoms with Gasteiger partial charge in [-0.1, -0.05) is 13.3 Å². The molecule has 1 atom stereocenters. The lowest BCUT2D eigenvalue weighted by Crippen LogP contribution is -2.52. The molecule has 1 amide bonds. The highest BCUT2D eigenvalue weighted by atomic mass is 16.4. The molecule has 1 rings (SSSR count). The largest absolute Gasteiger partial charge is 0.479 e. The molecule has 0 saturated carbocycles. The van der Waals surface area contributed by atoms with Crippen molar-refractivity contribution in [3.05, 3.63) is 0 Å². The lowest BCUT2D eigenvalue weighted by atomic mass is 9.90. The first-order chi connectivity index (χ1) is 7.08. The van der Waals surface area contributed by atoms with E-state index in [-0.39, 0.29) is 0 Å². The zero-order chi connectivity index (χ0) is 11.5. The second kappa shape index (κ2) is 4.35. The van der Waals surface area contributed by atoms with Crippen molar-refractivity contribution in [2.75, 3.05) is 6.54 Å². The normalized spacial score (nSPS) is 24.9. The van der Waals surface area contributed by atoms with E-state index in [2.05, 4.69) is 0 Å². The average Bonchev–Trinajstić information content (AvgIpc) is 2.62. The number of nitrogens with zero attached hydrogens (tertiary/aromatic N) is 1. The van der Waals surface area contributed by atoms with Crippen LogP contribution in [0, 0.1) is 12.3 Å². The van der Waals surface area contributed by atoms with Gasteiger partial charge < -0.3 is 10.0 Å². The van der Waals surface area contributed by atoms with Gasteiger partial charge in [0.25, 0.3) is 5.91 Å². The molecular formula is C11H15NO3. The van der Waals surface area contributed by atoms with E-state index in [1.807, 2.05) is 12.8 Å². The zero-order valence-corrected chi connectivity index (χ0v) is 8.82. The number of carboxylic acids is 1. The van der Waals surface area contributed by atoms with Crippen LogP contribution in [0.15, 0.2) is 0 Å². The lowest BCUT2D eigenvalue weighted by Gasteiger charge is -2.33. The van der Waals surface area contributed by atoms with Crippen LogP contribution in [0.25, 0.3) is 0 Å². The molecule has 0 aromatic rings. The number of likely N-dealkylation sites (tertiary alicyclic amines) is 1. The van der Waals surface area contributed by atoms with Crippen molar-refractivity contribution < 1.29 is 14.7 Å². The van der Waals surface area contributed by atoms with Crippen LogP contribution < -0.4 is 0 Å². The molecule has 0 aromatic heterocycles. The SMILES string of the molecule is C#CC(=O)N1CCCC1(CCC)C(=O)O. The molecule has 82 valence electrons. The number of hydrogen-bond donors (Lipinski definition) is 1. The summed E-state index contributed by atoms with van der Waals surface area (Å²) in [5.41, 5.74) is -1.06. The Hall–Kier alpha value is -1.50. The molecule has 15 heavy (non-hydrogen) atoms. The summed E-state index contributed by atoms with van der Waals surface area (Å²) in [5.74, 6) is 0.548. The summed E-state index contributed by atoms with van der Waals surface area (Å²) in [5, 5.41) is 9.25. The topological polar surface area (TPSA) is 57.6 Å². The Morgan fingerprint density at radius 3 is 2.73 bits per heavy atom. The number of hydrogen-bond acceptors (Lipinski definition) is 2. The molecule has 4 heteroatoms. The van der Waals surface area contributed by atoms with E-state index in [1.165, 1.54) is 4.90 Å². The van der Waals surface area contributed by atoms with Gasteiger partial charge in [-0.15, -0.1) is 6.42 Å². The average molecular weight is 209 g/mol. The molecule has 0 spiro atoms. The van der Waals surface area contributed by atoms with Crippen LogP contribution in [-0.4, -0.2) is 34.0 Å². The van der Waals surface area contributed by atoms with Crippen LogP contribution in [0.5, 0.6) is 0 Å². The van der Waals surface area contributed by atoms with Crippen LogP contribution in [0.3, 0.4) is 0 Å². The van der Waals surface area contributed by atoms with Gasteiger partial charge in [-0.25, -0.2) is 4.79 Å². The summed E-state index contributed by atoms with van der Waals surface area (Å²) in [6, 6.07) is 0. The predicted molar refractivity (Wildman–Crippen MR) is 55.1 cm³/mol. The molecule has 1 aliphatic heterocycles. The molecule has 1 N–H and O–H groups in total. The van der Waals surface area contributed by atoms with E-state index in [1.54, 1.807) is 0 Å². The Bertz CT molecular complexity index is 318. The monoisotopic (exact) mass is 209 g/mol. The van der Waals surface area contributed by atoms with E-state index >= 15 is 0 Å². The van der Waals surface area contributed by atoms with E-state index in [0.29, 0.717) is 25.8 Å². The quantitative estimate of drug-likeness (QED) is 0.701. The Morgan fingerprint density at radius 2 is 2.27 bits per heavy atom. The van der Waals surface area contributed by atoms with Gasteiger partial charge in [0, 0.05) is 6.54 Å². The molecule has 1 saturated heterocycles. The number of carbonyl (C=O) groups is 2. The first kappa shape index (κ1) is 11.6. The van der Waals surface area contributed by atoms with Crippen LogP contribution in [0.4, 0.5) is 0 Å². The maximum absolute atomic E-state index is 11.4. The van der Waals surface area contributed by atoms with Crippen molar-refractivity contribution in [3.8, 4) is 12.3 Å². The number of aliphatic carboxylic acids is 1. The minimum atomic E-state index is -1.06. The minimum Gasteiger partial charge on any atom is -0.479 e. The fraction of sp³-hybridized carbons (Fsp3) is 0.636. The highest BCUT2D eigenvalue weighted by molar-refractivity contribution is 5.97. The number of carbonyl (C=O) groups excluding carboxylic acids is 1. The molecule has 0 bridgehead atoms. The summed E-state index contributed by atoms with van der Waals surface area (Å²) in [6.07, 6.45) is 7.44. The number of amides is 1. The van der Waals surface area contributed by atoms with Gasteiger partial charge in [0.05, 0.1) is 0 Å². The van der Waals surface area contributed by atoms with Crippen LogP contribution in [-0.2, 0) is 9.59 Å². The molecule has 1 aliphatic rings. The fourth-order valence-electron chi connectivity index (χ4n) is 2.26. The molecule has 0 aromatic carbocycles. The second-order valence-corrected chi connectivity index (χ2v) is 3.79. The predicted octanol–water partition coefficient (Wildman–Crippen LogP) is 0.865. The van der Waals surface area contributed by atoms with Crippen LogP contribution >= 0.6 is 0 Å². The van der Waals surface area contributed by atoms with Gasteiger partial charge in [0.2, 0.25) is 0 Å². The third-order valence-electron chi connectivity index (χ3n) is 2.92. The molecule has 0 aliphatic carbocycles. The van der Waals surface area contributed by atoms with Gasteiger partial charge in [-0.2, -0.15) is 0 Å². The Balaban J connectivity index is 3.01. The summed E-state index contributed by atoms with van der Waals surface area (Å²) in [4.78, 5) is 24.0. The lowest BCUT2D eigenvalue weighted by molar-refractivity contribution is -0.155. The molecule has 0 radical (unpaired) electrons. The number of rotatable bonds is 3. The summed E-state index contributed by atoms with van der Waals surface area (Å²) >= 11 is 0. The smallest absolute Gasteiger partial charge is 0.329 e. The van der Waals surface area contributed by atoms with Gasteiger partial charge in [-0.3, -0.25) is 4.79 Å². The molecular weight excluding hydrogens is 194 g/mol. The van der Waals surface area contributed by atoms with Crippen molar-refractivity contribution in [2.45, 2.75) is 38.1 Å². The molecule has 1 unspecified atom stereocenters. The van der Waals surface area contributed by atoms with Crippen molar-refractivity contribution in [1.29, 1.82) is 0 Å². The Kier molecular flexibility index (Phi) is 3.35. The van der Waals surface area contributed by atoms with Gasteiger partial charge in [0.1, 0.15) is 5.54 Å². The van der Waals surface area contributed by atoms with Crippen molar-refractivity contribution in [3.63, 3.8) is 0 Å². The summed E-state index contributed by atoms with van der Waals surface area (Å²) in [7, 11) is 0. The number of carboxylic acid groups (broad SMARTS) is 1. The fourth-order valence-corrected chi connectivity index (χ4v) is 2.26. The van der Waals surface area contributed by atoms with Gasteiger partial charge in [0.15, 0.2) is 0 Å². The third-order valence-corrected chi connectivity index (χ3v) is 2.92. The molecule has 1 heterocycles. The van der Waals surface area contributed by atoms with E-state index in [0.717, 1.165) is 6.42 Å². The number of terminal acetylenes is 1. The maximum atomic E-state index is 11.4. The van der Waals surface area contributed by atoms with Crippen molar-refractivity contribution >= 4 is 11.9 Å². The Morgan fingerprint density at radius 1 is 1.60 bits per heavy atom. The first-order valence-electron chi connectivity index (χ1n) is 5.10. The van der Waals surface area contributed by atoms with Crippen molar-refractivity contribution in [1.82, 2.24) is 4.90 Å². The van der Waals surface area contributed by atoms with Gasteiger partial charge >= 0.3 is 5.97 Å². The second-order valence-electron chi connectivity index (χ2n) is 3.79. The standard InChI is InChI=1S/C11H15NO3/c1-3-6-11(10(14)15)7-5-8-12(11)9(13)4-2/h2H,3,5-8H2,1H3,(H,14,15). The van der Waals surface area contributed by atoms with E-state index in [4.69, 9.17) is 6.42 Å². The molecule has 1 fully saturated rings. The molecule has 4 nitrogen and oxygen atoms in total. The van der Waals surface area contributed by atoms with Crippen LogP contribution in [0.1, 0.15) is 32.6 Å². The highest BCUT2D eigenvalue weighted by Gasteiger charge is 2.48. The zero-order valence-electron chi connectivity index (χ0n) is 8.82. The highest BCUT2D eigenvalue weighted by Crippen LogP contribution is 2.33. The van der Waals surface area contributed by atoms with E-state index < -0.39 is 17.4 Å². The van der Waals surface area contributed by atoms with E-state index in [9.17, 15) is 14.7 Å². The summed E-state index contributed by atoms with van der Waals surface area (Å²) in [6.45, 7) is 2.36. The first-order valence-corrected chi connectivity index (χ1v) is 5.10. The minimum absolute atomic E-state index is 0.454. The maximum Gasteiger partial charge on any atom is 0.329 e. The van der Waals surface area contributed by atoms with Gasteiger partial charge in [-0.05, 0) is 25.2 Å². The summed E-state index contributed by atoms with van der Waals surface area (Å²) < 4.78 is 0.